The van der Waals surface area contributed by atoms with Gasteiger partial charge in [0.1, 0.15) is 17.2 Å². The molecule has 2 aliphatic heterocycles. The normalized spacial score (nSPS) is 14.6. The molecule has 4 aromatic rings. The van der Waals surface area contributed by atoms with Gasteiger partial charge in [0.25, 0.3) is 17.7 Å². The summed E-state index contributed by atoms with van der Waals surface area (Å²) in [5.74, 6) is -0.234. The number of para-hydroxylation sites is 1. The van der Waals surface area contributed by atoms with E-state index < -0.39 is 5.91 Å². The Labute approximate surface area is 300 Å². The second-order valence-corrected chi connectivity index (χ2v) is 14.2. The minimum Gasteiger partial charge on any atom is -0.493 e. The third-order valence-electron chi connectivity index (χ3n) is 8.36. The molecule has 264 valence electrons. The number of amides is 4. The van der Waals surface area contributed by atoms with E-state index in [-0.39, 0.29) is 53.0 Å². The van der Waals surface area contributed by atoms with Crippen LogP contribution in [-0.4, -0.2) is 70.4 Å². The predicted octanol–water partition coefficient (Wildman–Crippen LogP) is 5.20. The number of nitrogens with one attached hydrogen (secondary N) is 3. The average Bonchev–Trinajstić information content (AvgIpc) is 3.63. The number of hydrogen-bond donors (Lipinski definition) is 4. The van der Waals surface area contributed by atoms with Gasteiger partial charge in [-0.1, -0.05) is 24.3 Å². The second kappa shape index (κ2) is 14.7. The van der Waals surface area contributed by atoms with E-state index in [0.717, 1.165) is 11.3 Å². The molecule has 0 spiro atoms. The lowest BCUT2D eigenvalue weighted by molar-refractivity contribution is -0.116. The van der Waals surface area contributed by atoms with Gasteiger partial charge in [-0.15, -0.1) is 0 Å². The Morgan fingerprint density at radius 3 is 2.61 bits per heavy atom. The number of fused-ring (bicyclic) bond motifs is 4. The summed E-state index contributed by atoms with van der Waals surface area (Å²) in [6, 6.07) is 17.3. The monoisotopic (exact) mass is 709 g/mol. The van der Waals surface area contributed by atoms with E-state index in [1.807, 2.05) is 38.1 Å². The molecule has 0 radical (unpaired) electrons. The molecule has 51 heavy (non-hydrogen) atoms. The molecule has 4 heterocycles. The zero-order chi connectivity index (χ0) is 36.3. The van der Waals surface area contributed by atoms with E-state index in [4.69, 9.17) is 9.47 Å². The van der Waals surface area contributed by atoms with Crippen LogP contribution in [0.2, 0.25) is 0 Å². The van der Waals surface area contributed by atoms with Gasteiger partial charge in [0.05, 0.1) is 36.7 Å². The molecule has 0 bridgehead atoms. The predicted molar refractivity (Wildman–Crippen MR) is 198 cm³/mol. The highest BCUT2D eigenvalue weighted by atomic mass is 32.1. The van der Waals surface area contributed by atoms with Crippen LogP contribution in [0.3, 0.4) is 0 Å². The fourth-order valence-electron chi connectivity index (χ4n) is 5.88. The number of hydrogen-bond acceptors (Lipinski definition) is 9. The molecular weight excluding hydrogens is 671 g/mol. The van der Waals surface area contributed by atoms with E-state index >= 15 is 0 Å². The van der Waals surface area contributed by atoms with Gasteiger partial charge in [-0.2, -0.15) is 12.6 Å². The lowest BCUT2D eigenvalue weighted by Crippen LogP contribution is -2.37. The molecule has 0 saturated carbocycles. The molecule has 13 nitrogen and oxygen atoms in total. The van der Waals surface area contributed by atoms with Gasteiger partial charge in [0, 0.05) is 55.3 Å². The van der Waals surface area contributed by atoms with Gasteiger partial charge < -0.3 is 30.0 Å². The maximum atomic E-state index is 13.6. The molecule has 0 fully saturated rings. The van der Waals surface area contributed by atoms with E-state index in [0.29, 0.717) is 53.5 Å². The Kier molecular flexibility index (Phi) is 10.1. The van der Waals surface area contributed by atoms with Crippen LogP contribution in [0.5, 0.6) is 11.5 Å². The van der Waals surface area contributed by atoms with Crippen molar-refractivity contribution < 1.29 is 28.7 Å². The third-order valence-corrected chi connectivity index (χ3v) is 8.52. The van der Waals surface area contributed by atoms with Gasteiger partial charge in [0.15, 0.2) is 11.5 Å². The maximum absolute atomic E-state index is 13.6. The van der Waals surface area contributed by atoms with Gasteiger partial charge in [0.2, 0.25) is 5.91 Å². The number of pyridine rings is 1. The van der Waals surface area contributed by atoms with Crippen molar-refractivity contribution in [1.29, 1.82) is 0 Å². The number of nitrogens with zero attached hydrogens (tertiary/aromatic N) is 4. The molecule has 2 aromatic heterocycles. The summed E-state index contributed by atoms with van der Waals surface area (Å²) in [4.78, 5) is 62.6. The van der Waals surface area contributed by atoms with Crippen molar-refractivity contribution in [3.63, 3.8) is 0 Å². The lowest BCUT2D eigenvalue weighted by Gasteiger charge is -2.22. The second-order valence-electron chi connectivity index (χ2n) is 13.0. The summed E-state index contributed by atoms with van der Waals surface area (Å²) in [5, 5.41) is 8.29. The molecule has 0 aliphatic carbocycles. The number of carbonyl (C=O) groups is 4. The van der Waals surface area contributed by atoms with Crippen molar-refractivity contribution in [3.8, 4) is 11.5 Å². The maximum Gasteiger partial charge on any atom is 0.274 e. The lowest BCUT2D eigenvalue weighted by atomic mass is 10.1. The molecule has 4 amide bonds. The van der Waals surface area contributed by atoms with E-state index in [1.54, 1.807) is 59.3 Å². The first-order valence-electron chi connectivity index (χ1n) is 16.5. The number of rotatable bonds is 12. The number of aromatic nitrogens is 2. The van der Waals surface area contributed by atoms with Crippen molar-refractivity contribution in [1.82, 2.24) is 14.9 Å². The number of anilines is 3. The molecule has 6 rings (SSSR count). The molecule has 2 aromatic carbocycles. The summed E-state index contributed by atoms with van der Waals surface area (Å²) in [7, 11) is 3.21. The van der Waals surface area contributed by atoms with Crippen molar-refractivity contribution in [2.24, 2.45) is 12.0 Å². The number of methoxy groups -OCH3 is 1. The van der Waals surface area contributed by atoms with Gasteiger partial charge in [-0.3, -0.25) is 29.1 Å². The van der Waals surface area contributed by atoms with Gasteiger partial charge in [-0.25, -0.2) is 4.98 Å². The highest BCUT2D eigenvalue weighted by Gasteiger charge is 2.36. The molecular formula is C37H39N7O6S. The Balaban J connectivity index is 1.01. The summed E-state index contributed by atoms with van der Waals surface area (Å²) < 4.78 is 12.8. The van der Waals surface area contributed by atoms with Crippen LogP contribution in [0.4, 0.5) is 22.9 Å². The van der Waals surface area contributed by atoms with Crippen LogP contribution < -0.4 is 30.3 Å². The van der Waals surface area contributed by atoms with Crippen molar-refractivity contribution >= 4 is 65.4 Å². The Morgan fingerprint density at radius 2 is 1.82 bits per heavy atom. The first-order chi connectivity index (χ1) is 24.4. The number of aryl methyl sites for hydroxylation is 1. The van der Waals surface area contributed by atoms with Gasteiger partial charge >= 0.3 is 0 Å². The number of benzene rings is 2. The Bertz CT molecular complexity index is 2040. The first-order valence-corrected chi connectivity index (χ1v) is 16.9. The summed E-state index contributed by atoms with van der Waals surface area (Å²) in [6.07, 6.45) is 4.61. The number of ether oxygens (including phenoxy) is 2. The fourth-order valence-corrected chi connectivity index (χ4v) is 5.96. The average molecular weight is 710 g/mol. The van der Waals surface area contributed by atoms with Crippen LogP contribution in [0.25, 0.3) is 0 Å². The van der Waals surface area contributed by atoms with E-state index in [2.05, 4.69) is 38.6 Å². The van der Waals surface area contributed by atoms with E-state index in [1.165, 1.54) is 13.2 Å². The molecule has 3 N–H and O–H groups in total. The zero-order valence-electron chi connectivity index (χ0n) is 28.7. The SMILES string of the molecule is COc1cc2c(cc1OCCCC(=O)Nc1cccc(C(=O)Nc3cc(C(=O)NCC(C)(C)S)n(C)c3)n1)N=C[C@@H]1Cc3ccccc3N1C2=O. The Hall–Kier alpha value is -5.63. The molecule has 1 atom stereocenters. The van der Waals surface area contributed by atoms with Crippen LogP contribution >= 0.6 is 12.6 Å². The summed E-state index contributed by atoms with van der Waals surface area (Å²) in [6.45, 7) is 4.35. The minimum absolute atomic E-state index is 0.0869. The quantitative estimate of drug-likeness (QED) is 0.116. The van der Waals surface area contributed by atoms with Crippen LogP contribution in [0.1, 0.15) is 63.6 Å². The van der Waals surface area contributed by atoms with Crippen LogP contribution in [-0.2, 0) is 18.3 Å². The highest BCUT2D eigenvalue weighted by Crippen LogP contribution is 2.40. The fraction of sp³-hybridized carbons (Fsp3) is 0.297. The minimum atomic E-state index is -0.500. The van der Waals surface area contributed by atoms with Gasteiger partial charge in [-0.05, 0) is 56.2 Å². The highest BCUT2D eigenvalue weighted by molar-refractivity contribution is 7.81. The zero-order valence-corrected chi connectivity index (χ0v) is 29.6. The third kappa shape index (κ3) is 8.07. The van der Waals surface area contributed by atoms with Crippen LogP contribution in [0, 0.1) is 0 Å². The van der Waals surface area contributed by atoms with Crippen molar-refractivity contribution in [2.75, 3.05) is 35.8 Å². The Morgan fingerprint density at radius 1 is 1.02 bits per heavy atom. The molecule has 14 heteroatoms. The van der Waals surface area contributed by atoms with Crippen molar-refractivity contribution in [2.45, 2.75) is 43.9 Å². The molecule has 0 saturated heterocycles. The molecule has 2 aliphatic rings. The largest absolute Gasteiger partial charge is 0.493 e. The summed E-state index contributed by atoms with van der Waals surface area (Å²) >= 11 is 4.43. The number of thiol groups is 1. The first kappa shape index (κ1) is 35.2. The molecule has 0 unspecified atom stereocenters. The smallest absolute Gasteiger partial charge is 0.274 e. The standard InChI is InChI=1S/C37H39N7O6S/c1-37(2,51)21-39-35(47)29-16-23(20-43(29)3)40-34(46)26-10-7-12-32(41-26)42-33(45)13-8-14-50-31-18-27-25(17-30(31)49-4)36(48)44-24(19-38-27)15-22-9-5-6-11-28(22)44/h5-7,9-12,16-20,24,51H,8,13-15,21H2,1-4H3,(H,39,47)(H,40,46)(H,41,42,45)/t24-/m0/s1. The topological polar surface area (TPSA) is 156 Å². The van der Waals surface area contributed by atoms with E-state index in [9.17, 15) is 19.2 Å². The number of aliphatic imine (C=N–C) groups is 1. The number of carbonyl (C=O) groups excluding carboxylic acids is 4. The van der Waals surface area contributed by atoms with Crippen LogP contribution in [0.15, 0.2) is 71.9 Å². The van der Waals surface area contributed by atoms with Crippen molar-refractivity contribution in [3.05, 3.63) is 89.4 Å². The summed E-state index contributed by atoms with van der Waals surface area (Å²) in [5.41, 5.74) is 3.77.